The van der Waals surface area contributed by atoms with Gasteiger partial charge in [-0.05, 0) is 44.2 Å². The summed E-state index contributed by atoms with van der Waals surface area (Å²) in [6.45, 7) is 1.18. The number of hydrogen-bond donors (Lipinski definition) is 2. The van der Waals surface area contributed by atoms with Gasteiger partial charge in [0.1, 0.15) is 23.2 Å². The van der Waals surface area contributed by atoms with Crippen LogP contribution < -0.4 is 11.1 Å². The lowest BCUT2D eigenvalue weighted by Gasteiger charge is -2.42. The van der Waals surface area contributed by atoms with E-state index in [1.54, 1.807) is 18.4 Å². The van der Waals surface area contributed by atoms with Crippen molar-refractivity contribution in [2.24, 2.45) is 5.73 Å². The van der Waals surface area contributed by atoms with Gasteiger partial charge in [-0.1, -0.05) is 0 Å². The summed E-state index contributed by atoms with van der Waals surface area (Å²) >= 11 is 0. The summed E-state index contributed by atoms with van der Waals surface area (Å²) in [6, 6.07) is 3.96. The van der Waals surface area contributed by atoms with Gasteiger partial charge in [0.25, 0.3) is 0 Å². The molecule has 0 fully saturated rings. The van der Waals surface area contributed by atoms with Crippen molar-refractivity contribution < 1.29 is 35.5 Å². The number of nitrogens with zero attached hydrogens (tertiary/aromatic N) is 3. The molecule has 4 rings (SSSR count). The van der Waals surface area contributed by atoms with Crippen LogP contribution in [0.15, 0.2) is 30.3 Å². The maximum absolute atomic E-state index is 14.1. The van der Waals surface area contributed by atoms with E-state index in [0.29, 0.717) is 18.2 Å². The van der Waals surface area contributed by atoms with Crippen LogP contribution in [0.2, 0.25) is 0 Å². The Morgan fingerprint density at radius 1 is 1.08 bits per heavy atom. The topological polar surface area (TPSA) is 76.2 Å². The number of nitrogens with two attached hydrogens (primary N) is 1. The number of carbonyl (C=O) groups is 1. The van der Waals surface area contributed by atoms with Gasteiger partial charge >= 0.3 is 5.92 Å². The first-order chi connectivity index (χ1) is 17.3. The molecule has 0 saturated heterocycles. The van der Waals surface area contributed by atoms with Crippen molar-refractivity contribution in [2.75, 3.05) is 25.1 Å². The van der Waals surface area contributed by atoms with E-state index in [-0.39, 0.29) is 54.1 Å². The Kier molecular flexibility index (Phi) is 6.69. The van der Waals surface area contributed by atoms with E-state index >= 15 is 0 Å². The smallest absolute Gasteiger partial charge is 0.303 e. The first kappa shape index (κ1) is 26.5. The molecule has 1 aromatic heterocycles. The van der Waals surface area contributed by atoms with Crippen LogP contribution in [0.5, 0.6) is 0 Å². The molecule has 0 atom stereocenters. The Morgan fingerprint density at radius 3 is 2.32 bits per heavy atom. The monoisotopic (exact) mass is 529 g/mol. The van der Waals surface area contributed by atoms with Gasteiger partial charge in [0.15, 0.2) is 24.1 Å². The first-order valence-electron chi connectivity index (χ1n) is 11.1. The molecular formula is C24H22F7N5O. The Balaban J connectivity index is 1.91. The van der Waals surface area contributed by atoms with Crippen LogP contribution >= 0.6 is 0 Å². The minimum Gasteiger partial charge on any atom is -0.340 e. The maximum atomic E-state index is 14.1. The molecule has 0 radical (unpaired) electrons. The number of imidazole rings is 1. The highest BCUT2D eigenvalue weighted by Crippen LogP contribution is 2.41. The summed E-state index contributed by atoms with van der Waals surface area (Å²) in [7, 11) is 0. The zero-order chi connectivity index (χ0) is 27.3. The van der Waals surface area contributed by atoms with Crippen molar-refractivity contribution >= 4 is 17.4 Å². The summed E-state index contributed by atoms with van der Waals surface area (Å²) in [6.07, 6.45) is 0. The van der Waals surface area contributed by atoms with Crippen molar-refractivity contribution in [3.05, 3.63) is 65.0 Å². The van der Waals surface area contributed by atoms with E-state index in [0.717, 1.165) is 12.1 Å². The lowest BCUT2D eigenvalue weighted by Crippen LogP contribution is -2.53. The van der Waals surface area contributed by atoms with Crippen molar-refractivity contribution in [1.29, 1.82) is 0 Å². The van der Waals surface area contributed by atoms with Crippen molar-refractivity contribution in [3.63, 3.8) is 0 Å². The zero-order valence-corrected chi connectivity index (χ0v) is 19.7. The Bertz CT molecular complexity index is 1350. The standard InChI is InChI=1S/C24H22F7N5O/c1-23(2)22-34-20(12-7-16(27)19(29)17(28)8-12)21(35(22)5-6-36(23)18(37)10-32)33-13-3-4-15(26)14(9-13)24(30,31)11-25/h3-4,7-9,33H,5-6,10-11,32H2,1-2H3. The van der Waals surface area contributed by atoms with Gasteiger partial charge in [0, 0.05) is 24.3 Å². The fourth-order valence-electron chi connectivity index (χ4n) is 4.40. The average molecular weight is 529 g/mol. The van der Waals surface area contributed by atoms with E-state index in [2.05, 4.69) is 10.3 Å². The molecule has 0 saturated carbocycles. The van der Waals surface area contributed by atoms with Gasteiger partial charge in [0.05, 0.1) is 17.6 Å². The summed E-state index contributed by atoms with van der Waals surface area (Å²) in [5.41, 5.74) is 2.87. The van der Waals surface area contributed by atoms with Crippen LogP contribution in [0.1, 0.15) is 25.2 Å². The highest BCUT2D eigenvalue weighted by molar-refractivity contribution is 5.80. The van der Waals surface area contributed by atoms with Gasteiger partial charge in [-0.2, -0.15) is 8.78 Å². The average Bonchev–Trinajstić information content (AvgIpc) is 3.22. The molecule has 6 nitrogen and oxygen atoms in total. The molecule has 0 spiro atoms. The minimum atomic E-state index is -4.10. The van der Waals surface area contributed by atoms with Crippen LogP contribution in [0.25, 0.3) is 11.3 Å². The number of hydrogen-bond acceptors (Lipinski definition) is 4. The second-order valence-corrected chi connectivity index (χ2v) is 9.00. The number of aromatic nitrogens is 2. The van der Waals surface area contributed by atoms with Gasteiger partial charge in [-0.25, -0.2) is 26.9 Å². The first-order valence-corrected chi connectivity index (χ1v) is 11.1. The number of benzene rings is 2. The fourth-order valence-corrected chi connectivity index (χ4v) is 4.40. The minimum absolute atomic E-state index is 0.0504. The number of anilines is 2. The molecule has 37 heavy (non-hydrogen) atoms. The van der Waals surface area contributed by atoms with Crippen LogP contribution in [-0.2, 0) is 22.8 Å². The van der Waals surface area contributed by atoms with Gasteiger partial charge in [-0.3, -0.25) is 4.79 Å². The predicted octanol–water partition coefficient (Wildman–Crippen LogP) is 4.95. The van der Waals surface area contributed by atoms with E-state index < -0.39 is 47.0 Å². The number of amides is 1. The zero-order valence-electron chi connectivity index (χ0n) is 19.7. The van der Waals surface area contributed by atoms with E-state index in [4.69, 9.17) is 5.73 Å². The summed E-state index contributed by atoms with van der Waals surface area (Å²) < 4.78 is 98.3. The lowest BCUT2D eigenvalue weighted by atomic mass is 9.99. The molecule has 2 aromatic carbocycles. The number of alkyl halides is 3. The Hall–Kier alpha value is -3.61. The number of fused-ring (bicyclic) bond motifs is 1. The summed E-state index contributed by atoms with van der Waals surface area (Å²) in [5.74, 6) is -10.2. The Morgan fingerprint density at radius 2 is 1.73 bits per heavy atom. The molecule has 3 aromatic rings. The normalized spacial score (nSPS) is 15.0. The van der Waals surface area contributed by atoms with Gasteiger partial charge in [-0.15, -0.1) is 0 Å². The molecule has 0 bridgehead atoms. The quantitative estimate of drug-likeness (QED) is 0.350. The number of nitrogens with one attached hydrogen (secondary N) is 1. The van der Waals surface area contributed by atoms with Gasteiger partial charge < -0.3 is 20.5 Å². The lowest BCUT2D eigenvalue weighted by molar-refractivity contribution is -0.137. The molecular weight excluding hydrogens is 507 g/mol. The predicted molar refractivity (Wildman–Crippen MR) is 121 cm³/mol. The second kappa shape index (κ2) is 9.36. The third-order valence-corrected chi connectivity index (χ3v) is 6.26. The SMILES string of the molecule is CC1(C)c2nc(-c3cc(F)c(F)c(F)c3)c(Nc3ccc(F)c(C(F)(F)CF)c3)n2CCN1C(=O)CN. The molecule has 1 aliphatic rings. The highest BCUT2D eigenvalue weighted by atomic mass is 19.3. The van der Waals surface area contributed by atoms with E-state index in [9.17, 15) is 35.5 Å². The number of rotatable bonds is 6. The third-order valence-electron chi connectivity index (χ3n) is 6.26. The summed E-state index contributed by atoms with van der Waals surface area (Å²) in [4.78, 5) is 18.4. The third kappa shape index (κ3) is 4.52. The van der Waals surface area contributed by atoms with Crippen molar-refractivity contribution in [2.45, 2.75) is 31.9 Å². The van der Waals surface area contributed by atoms with Crippen LogP contribution in [-0.4, -0.2) is 40.1 Å². The second-order valence-electron chi connectivity index (χ2n) is 9.00. The van der Waals surface area contributed by atoms with Crippen LogP contribution in [0.4, 0.5) is 42.2 Å². The molecule has 2 heterocycles. The highest BCUT2D eigenvalue weighted by Gasteiger charge is 2.41. The molecule has 1 amide bonds. The van der Waals surface area contributed by atoms with E-state index in [1.165, 1.54) is 4.90 Å². The number of carbonyl (C=O) groups excluding carboxylic acids is 1. The summed E-state index contributed by atoms with van der Waals surface area (Å²) in [5, 5.41) is 2.80. The van der Waals surface area contributed by atoms with Gasteiger partial charge in [0.2, 0.25) is 5.91 Å². The molecule has 3 N–H and O–H groups in total. The molecule has 13 heteroatoms. The molecule has 198 valence electrons. The van der Waals surface area contributed by atoms with Crippen molar-refractivity contribution in [3.8, 4) is 11.3 Å². The fraction of sp³-hybridized carbons (Fsp3) is 0.333. The Labute approximate surface area is 206 Å². The van der Waals surface area contributed by atoms with Crippen molar-refractivity contribution in [1.82, 2.24) is 14.5 Å². The van der Waals surface area contributed by atoms with Crippen LogP contribution in [0.3, 0.4) is 0 Å². The molecule has 0 unspecified atom stereocenters. The molecule has 1 aliphatic heterocycles. The number of halogens is 7. The van der Waals surface area contributed by atoms with E-state index in [1.807, 2.05) is 0 Å². The van der Waals surface area contributed by atoms with Crippen LogP contribution in [0, 0.1) is 23.3 Å². The molecule has 0 aliphatic carbocycles. The largest absolute Gasteiger partial charge is 0.340 e. The maximum Gasteiger partial charge on any atom is 0.303 e.